The third-order valence-electron chi connectivity index (χ3n) is 16.4. The average Bonchev–Trinajstić information content (AvgIpc) is 3.45. The topological polar surface area (TPSA) is 149 Å². The van der Waals surface area contributed by atoms with Crippen molar-refractivity contribution < 1.29 is 39.8 Å². The summed E-state index contributed by atoms with van der Waals surface area (Å²) in [4.78, 5) is 13.1. The Bertz CT molecular complexity index is 1320. The molecule has 1 aliphatic rings. The standard InChI is InChI=1S/C69H131NO8/c1-3-5-7-9-11-13-15-17-19-21-23-25-27-29-30-31-32-33-34-35-37-39-41-43-45-47-49-51-53-55-57-59-65(73)70-62(61-77-69-68(76)67(75)66(74)64(60-71)78-69)63(72)58-56-54-52-50-48-46-44-42-40-38-36-28-26-24-22-20-18-16-14-12-10-8-6-4-2/h21,23,48,50,56,58,62-64,66-69,71-72,74-76H,3-20,22,24-47,49,51-55,57,59-61H2,1-2H3,(H,70,73)/b23-21-,50-48+,58-56+. The highest BCUT2D eigenvalue weighted by Crippen LogP contribution is 2.23. The monoisotopic (exact) mass is 1100 g/mol. The number of carbonyl (C=O) groups is 1. The van der Waals surface area contributed by atoms with Crippen molar-refractivity contribution in [3.8, 4) is 0 Å². The maximum atomic E-state index is 13.1. The molecule has 1 amide bonds. The molecule has 460 valence electrons. The summed E-state index contributed by atoms with van der Waals surface area (Å²) >= 11 is 0. The number of hydrogen-bond donors (Lipinski definition) is 6. The molecule has 1 heterocycles. The van der Waals surface area contributed by atoms with Gasteiger partial charge in [0.2, 0.25) is 5.91 Å². The van der Waals surface area contributed by atoms with Gasteiger partial charge in [-0.3, -0.25) is 4.79 Å². The molecule has 0 aromatic carbocycles. The van der Waals surface area contributed by atoms with Gasteiger partial charge in [0.15, 0.2) is 6.29 Å². The average molecular weight is 1100 g/mol. The summed E-state index contributed by atoms with van der Waals surface area (Å²) in [6.07, 6.45) is 71.1. The highest BCUT2D eigenvalue weighted by atomic mass is 16.7. The summed E-state index contributed by atoms with van der Waals surface area (Å²) in [6, 6.07) is -0.821. The molecule has 7 unspecified atom stereocenters. The number of allylic oxidation sites excluding steroid dienone is 5. The van der Waals surface area contributed by atoms with E-state index in [0.717, 1.165) is 38.5 Å². The van der Waals surface area contributed by atoms with Crippen LogP contribution in [-0.4, -0.2) is 87.5 Å². The molecule has 9 heteroatoms. The highest BCUT2D eigenvalue weighted by molar-refractivity contribution is 5.76. The summed E-state index contributed by atoms with van der Waals surface area (Å²) in [5, 5.41) is 54.7. The minimum Gasteiger partial charge on any atom is -0.394 e. The fraction of sp³-hybridized carbons (Fsp3) is 0.899. The molecule has 0 aromatic rings. The number of hydrogen-bond acceptors (Lipinski definition) is 8. The van der Waals surface area contributed by atoms with Crippen molar-refractivity contribution >= 4 is 5.91 Å². The quantitative estimate of drug-likeness (QED) is 0.0261. The van der Waals surface area contributed by atoms with Crippen LogP contribution in [0.1, 0.15) is 341 Å². The van der Waals surface area contributed by atoms with Crippen LogP contribution in [0, 0.1) is 0 Å². The molecule has 0 saturated carbocycles. The normalized spacial score (nSPS) is 18.8. The van der Waals surface area contributed by atoms with Crippen LogP contribution < -0.4 is 5.32 Å². The molecular weight excluding hydrogens is 971 g/mol. The molecule has 78 heavy (non-hydrogen) atoms. The number of aliphatic hydroxyl groups excluding tert-OH is 5. The lowest BCUT2D eigenvalue weighted by Gasteiger charge is -2.40. The van der Waals surface area contributed by atoms with Gasteiger partial charge in [0.1, 0.15) is 24.4 Å². The van der Waals surface area contributed by atoms with Crippen molar-refractivity contribution in [2.45, 2.75) is 384 Å². The molecular formula is C69H131NO8. The van der Waals surface area contributed by atoms with Crippen molar-refractivity contribution in [3.05, 3.63) is 36.5 Å². The predicted molar refractivity (Wildman–Crippen MR) is 332 cm³/mol. The molecule has 0 bridgehead atoms. The molecule has 6 N–H and O–H groups in total. The number of ether oxygens (including phenoxy) is 2. The van der Waals surface area contributed by atoms with E-state index in [1.54, 1.807) is 6.08 Å². The van der Waals surface area contributed by atoms with Gasteiger partial charge in [0, 0.05) is 6.42 Å². The van der Waals surface area contributed by atoms with Crippen LogP contribution in [0.3, 0.4) is 0 Å². The number of aliphatic hydroxyl groups is 5. The van der Waals surface area contributed by atoms with Crippen LogP contribution >= 0.6 is 0 Å². The Morgan fingerprint density at radius 2 is 0.731 bits per heavy atom. The van der Waals surface area contributed by atoms with Gasteiger partial charge in [0.05, 0.1) is 25.4 Å². The fourth-order valence-corrected chi connectivity index (χ4v) is 11.1. The van der Waals surface area contributed by atoms with Gasteiger partial charge in [0.25, 0.3) is 0 Å². The zero-order valence-electron chi connectivity index (χ0n) is 51.4. The van der Waals surface area contributed by atoms with Crippen molar-refractivity contribution in [2.75, 3.05) is 13.2 Å². The summed E-state index contributed by atoms with van der Waals surface area (Å²) in [5.41, 5.74) is 0. The van der Waals surface area contributed by atoms with Gasteiger partial charge in [-0.15, -0.1) is 0 Å². The number of carbonyl (C=O) groups excluding carboxylic acids is 1. The van der Waals surface area contributed by atoms with Crippen molar-refractivity contribution in [1.82, 2.24) is 5.32 Å². The first kappa shape index (κ1) is 74.4. The Kier molecular flexibility index (Phi) is 55.9. The largest absolute Gasteiger partial charge is 0.394 e. The van der Waals surface area contributed by atoms with Crippen LogP contribution in [-0.2, 0) is 14.3 Å². The van der Waals surface area contributed by atoms with Gasteiger partial charge in [-0.2, -0.15) is 0 Å². The first-order valence-electron chi connectivity index (χ1n) is 34.2. The predicted octanol–water partition coefficient (Wildman–Crippen LogP) is 18.3. The van der Waals surface area contributed by atoms with Crippen LogP contribution in [0.25, 0.3) is 0 Å². The second-order valence-electron chi connectivity index (χ2n) is 24.0. The molecule has 0 aromatic heterocycles. The zero-order chi connectivity index (χ0) is 56.5. The van der Waals surface area contributed by atoms with E-state index in [-0.39, 0.29) is 12.5 Å². The second-order valence-corrected chi connectivity index (χ2v) is 24.0. The van der Waals surface area contributed by atoms with E-state index in [1.165, 1.54) is 283 Å². The molecule has 1 aliphatic heterocycles. The molecule has 0 aliphatic carbocycles. The first-order chi connectivity index (χ1) is 38.3. The maximum Gasteiger partial charge on any atom is 0.220 e. The van der Waals surface area contributed by atoms with Gasteiger partial charge in [-0.25, -0.2) is 0 Å². The highest BCUT2D eigenvalue weighted by Gasteiger charge is 2.44. The maximum absolute atomic E-state index is 13.1. The molecule has 1 saturated heterocycles. The summed E-state index contributed by atoms with van der Waals surface area (Å²) < 4.78 is 11.3. The van der Waals surface area contributed by atoms with Crippen LogP contribution in [0.2, 0.25) is 0 Å². The molecule has 0 spiro atoms. The van der Waals surface area contributed by atoms with Crippen LogP contribution in [0.4, 0.5) is 0 Å². The summed E-state index contributed by atoms with van der Waals surface area (Å²) in [6.45, 7) is 3.81. The molecule has 0 radical (unpaired) electrons. The van der Waals surface area contributed by atoms with Crippen LogP contribution in [0.5, 0.6) is 0 Å². The SMILES string of the molecule is CCCCCCCCCC/C=C\CCCCCCCCCCCCCCCCCCCCCC(=O)NC(COC1OC(CO)C(O)C(O)C1O)C(O)/C=C/CC/C=C/CCCCCCCCCCCCCCCCCCCC. The Morgan fingerprint density at radius 3 is 1.08 bits per heavy atom. The van der Waals surface area contributed by atoms with E-state index in [4.69, 9.17) is 9.47 Å². The minimum absolute atomic E-state index is 0.180. The third-order valence-corrected chi connectivity index (χ3v) is 16.4. The molecule has 1 rings (SSSR count). The Hall–Kier alpha value is -1.59. The Balaban J connectivity index is 2.14. The smallest absolute Gasteiger partial charge is 0.220 e. The number of unbranched alkanes of at least 4 members (excludes halogenated alkanes) is 46. The molecule has 7 atom stereocenters. The Labute approximate surface area is 482 Å². The number of rotatable bonds is 60. The van der Waals surface area contributed by atoms with E-state index in [1.807, 2.05) is 6.08 Å². The van der Waals surface area contributed by atoms with E-state index >= 15 is 0 Å². The van der Waals surface area contributed by atoms with Crippen molar-refractivity contribution in [1.29, 1.82) is 0 Å². The van der Waals surface area contributed by atoms with E-state index in [2.05, 4.69) is 43.5 Å². The van der Waals surface area contributed by atoms with Crippen molar-refractivity contribution in [3.63, 3.8) is 0 Å². The second kappa shape index (κ2) is 58.6. The van der Waals surface area contributed by atoms with Gasteiger partial charge in [-0.1, -0.05) is 314 Å². The number of nitrogens with one attached hydrogen (secondary N) is 1. The first-order valence-corrected chi connectivity index (χ1v) is 34.2. The lowest BCUT2D eigenvalue weighted by molar-refractivity contribution is -0.302. The van der Waals surface area contributed by atoms with E-state index in [9.17, 15) is 30.3 Å². The van der Waals surface area contributed by atoms with Gasteiger partial charge >= 0.3 is 0 Å². The summed E-state index contributed by atoms with van der Waals surface area (Å²) in [7, 11) is 0. The zero-order valence-corrected chi connectivity index (χ0v) is 51.4. The van der Waals surface area contributed by atoms with Gasteiger partial charge in [-0.05, 0) is 57.8 Å². The van der Waals surface area contributed by atoms with Crippen molar-refractivity contribution in [2.24, 2.45) is 0 Å². The lowest BCUT2D eigenvalue weighted by atomic mass is 9.99. The van der Waals surface area contributed by atoms with E-state index in [0.29, 0.717) is 6.42 Å². The Morgan fingerprint density at radius 1 is 0.423 bits per heavy atom. The van der Waals surface area contributed by atoms with Gasteiger partial charge < -0.3 is 40.3 Å². The lowest BCUT2D eigenvalue weighted by Crippen LogP contribution is -2.60. The minimum atomic E-state index is -1.57. The van der Waals surface area contributed by atoms with E-state index < -0.39 is 49.5 Å². The number of amides is 1. The molecule has 9 nitrogen and oxygen atoms in total. The van der Waals surface area contributed by atoms with Crippen LogP contribution in [0.15, 0.2) is 36.5 Å². The third kappa shape index (κ3) is 47.0. The fourth-order valence-electron chi connectivity index (χ4n) is 11.1. The summed E-state index contributed by atoms with van der Waals surface area (Å²) in [5.74, 6) is -0.180. The molecule has 1 fully saturated rings.